The van der Waals surface area contributed by atoms with Crippen molar-refractivity contribution in [2.24, 2.45) is 5.92 Å². The Morgan fingerprint density at radius 1 is 1.08 bits per heavy atom. The van der Waals surface area contributed by atoms with Crippen molar-refractivity contribution in [1.29, 1.82) is 0 Å². The Morgan fingerprint density at radius 3 is 2.54 bits per heavy atom. The topological polar surface area (TPSA) is 12.9 Å². The third-order valence-corrected chi connectivity index (χ3v) is 5.53. The molecule has 0 N–H and O–H groups in total. The number of nitrogens with zero attached hydrogens (tertiary/aromatic N) is 1. The molecule has 0 radical (unpaired) electrons. The highest BCUT2D eigenvalue weighted by molar-refractivity contribution is 5.65. The van der Waals surface area contributed by atoms with Crippen LogP contribution in [0.2, 0.25) is 0 Å². The zero-order valence-electron chi connectivity index (χ0n) is 14.9. The quantitative estimate of drug-likeness (QED) is 0.609. The molecule has 1 aromatic heterocycles. The smallest absolute Gasteiger partial charge is 0.132 e. The Morgan fingerprint density at radius 2 is 1.88 bits per heavy atom. The van der Waals surface area contributed by atoms with Crippen LogP contribution in [0.3, 0.4) is 0 Å². The molecule has 0 saturated heterocycles. The van der Waals surface area contributed by atoms with Crippen molar-refractivity contribution < 1.29 is 4.39 Å². The van der Waals surface area contributed by atoms with Crippen LogP contribution in [0.4, 0.5) is 4.39 Å². The van der Waals surface area contributed by atoms with E-state index in [1.165, 1.54) is 37.7 Å². The highest BCUT2D eigenvalue weighted by Gasteiger charge is 2.24. The van der Waals surface area contributed by atoms with Crippen LogP contribution >= 0.6 is 0 Å². The van der Waals surface area contributed by atoms with Crippen LogP contribution in [-0.4, -0.2) is 4.98 Å². The molecule has 24 heavy (non-hydrogen) atoms. The van der Waals surface area contributed by atoms with Gasteiger partial charge in [-0.25, -0.2) is 4.39 Å². The fraction of sp³-hybridized carbons (Fsp3) is 0.500. The average Bonchev–Trinajstić information content (AvgIpc) is 2.62. The predicted octanol–water partition coefficient (Wildman–Crippen LogP) is 6.52. The molecule has 2 heteroatoms. The SMILES string of the molecule is CCCc1ccc(-c2ncccc2C2CCC(CC)CC2)c(F)c1. The second kappa shape index (κ2) is 7.92. The van der Waals surface area contributed by atoms with Crippen molar-refractivity contribution in [1.82, 2.24) is 4.98 Å². The molecule has 128 valence electrons. The third-order valence-electron chi connectivity index (χ3n) is 5.53. The van der Waals surface area contributed by atoms with Gasteiger partial charge in [0.15, 0.2) is 0 Å². The lowest BCUT2D eigenvalue weighted by molar-refractivity contribution is 0.319. The summed E-state index contributed by atoms with van der Waals surface area (Å²) in [6.45, 7) is 4.41. The molecule has 0 unspecified atom stereocenters. The lowest BCUT2D eigenvalue weighted by Crippen LogP contribution is -2.13. The van der Waals surface area contributed by atoms with E-state index in [-0.39, 0.29) is 5.82 Å². The van der Waals surface area contributed by atoms with Crippen molar-refractivity contribution in [2.75, 3.05) is 0 Å². The second-order valence-corrected chi connectivity index (χ2v) is 7.13. The minimum absolute atomic E-state index is 0.136. The van der Waals surface area contributed by atoms with Crippen molar-refractivity contribution in [3.63, 3.8) is 0 Å². The lowest BCUT2D eigenvalue weighted by Gasteiger charge is -2.29. The minimum atomic E-state index is -0.136. The normalized spacial score (nSPS) is 21.0. The van der Waals surface area contributed by atoms with Gasteiger partial charge in [0.1, 0.15) is 5.82 Å². The van der Waals surface area contributed by atoms with Crippen LogP contribution in [0.15, 0.2) is 36.5 Å². The maximum absolute atomic E-state index is 14.7. The summed E-state index contributed by atoms with van der Waals surface area (Å²) in [4.78, 5) is 4.56. The largest absolute Gasteiger partial charge is 0.256 e. The predicted molar refractivity (Wildman–Crippen MR) is 98.6 cm³/mol. The number of benzene rings is 1. The molecular weight excluding hydrogens is 297 g/mol. The molecule has 0 bridgehead atoms. The lowest BCUT2D eigenvalue weighted by atomic mass is 9.77. The maximum atomic E-state index is 14.7. The summed E-state index contributed by atoms with van der Waals surface area (Å²) >= 11 is 0. The van der Waals surface area contributed by atoms with Crippen molar-refractivity contribution in [3.8, 4) is 11.3 Å². The third kappa shape index (κ3) is 3.68. The van der Waals surface area contributed by atoms with E-state index in [0.29, 0.717) is 11.5 Å². The Labute approximate surface area is 145 Å². The van der Waals surface area contributed by atoms with Gasteiger partial charge in [-0.05, 0) is 73.3 Å². The molecule has 0 atom stereocenters. The molecule has 1 aromatic carbocycles. The number of halogens is 1. The van der Waals surface area contributed by atoms with E-state index in [4.69, 9.17) is 0 Å². The molecule has 1 heterocycles. The van der Waals surface area contributed by atoms with Gasteiger partial charge in [0.2, 0.25) is 0 Å². The number of rotatable bonds is 5. The van der Waals surface area contributed by atoms with Crippen LogP contribution < -0.4 is 0 Å². The molecule has 2 aromatic rings. The molecule has 3 rings (SSSR count). The first-order chi connectivity index (χ1) is 11.7. The van der Waals surface area contributed by atoms with Gasteiger partial charge in [0.05, 0.1) is 5.69 Å². The first-order valence-electron chi connectivity index (χ1n) is 9.46. The second-order valence-electron chi connectivity index (χ2n) is 7.13. The monoisotopic (exact) mass is 325 g/mol. The number of hydrogen-bond donors (Lipinski definition) is 0. The molecule has 1 nitrogen and oxygen atoms in total. The standard InChI is InChI=1S/C22H28FN/c1-3-6-17-10-13-20(21(23)15-17)22-19(7-5-14-24-22)18-11-8-16(4-2)9-12-18/h5,7,10,13-16,18H,3-4,6,8-9,11-12H2,1-2H3. The van der Waals surface area contributed by atoms with Gasteiger partial charge in [-0.2, -0.15) is 0 Å². The summed E-state index contributed by atoms with van der Waals surface area (Å²) in [7, 11) is 0. The van der Waals surface area contributed by atoms with Gasteiger partial charge in [-0.15, -0.1) is 0 Å². The Hall–Kier alpha value is -1.70. The molecular formula is C22H28FN. The first-order valence-corrected chi connectivity index (χ1v) is 9.46. The fourth-order valence-corrected chi connectivity index (χ4v) is 4.05. The van der Waals surface area contributed by atoms with E-state index in [9.17, 15) is 4.39 Å². The maximum Gasteiger partial charge on any atom is 0.132 e. The summed E-state index contributed by atoms with van der Waals surface area (Å²) in [5.41, 5.74) is 3.80. The number of aromatic nitrogens is 1. The number of aryl methyl sites for hydroxylation is 1. The van der Waals surface area contributed by atoms with E-state index >= 15 is 0 Å². The van der Waals surface area contributed by atoms with Crippen molar-refractivity contribution >= 4 is 0 Å². The van der Waals surface area contributed by atoms with E-state index in [2.05, 4.69) is 24.9 Å². The van der Waals surface area contributed by atoms with Gasteiger partial charge in [0, 0.05) is 11.8 Å². The summed E-state index contributed by atoms with van der Waals surface area (Å²) in [6.07, 6.45) is 10.00. The van der Waals surface area contributed by atoms with E-state index in [1.807, 2.05) is 18.2 Å². The van der Waals surface area contributed by atoms with Crippen LogP contribution in [0, 0.1) is 11.7 Å². The first kappa shape index (κ1) is 17.1. The van der Waals surface area contributed by atoms with Crippen LogP contribution in [0.25, 0.3) is 11.3 Å². The van der Waals surface area contributed by atoms with Crippen molar-refractivity contribution in [2.45, 2.75) is 64.7 Å². The zero-order valence-corrected chi connectivity index (χ0v) is 14.9. The fourth-order valence-electron chi connectivity index (χ4n) is 4.05. The summed E-state index contributed by atoms with van der Waals surface area (Å²) in [5, 5.41) is 0. The van der Waals surface area contributed by atoms with E-state index in [1.54, 1.807) is 12.3 Å². The molecule has 1 saturated carbocycles. The number of pyridine rings is 1. The molecule has 0 aliphatic heterocycles. The Bertz CT molecular complexity index is 671. The minimum Gasteiger partial charge on any atom is -0.256 e. The molecule has 1 aliphatic rings. The summed E-state index contributed by atoms with van der Waals surface area (Å²) in [5.74, 6) is 1.25. The molecule has 1 fully saturated rings. The number of hydrogen-bond acceptors (Lipinski definition) is 1. The summed E-state index contributed by atoms with van der Waals surface area (Å²) < 4.78 is 14.7. The van der Waals surface area contributed by atoms with E-state index in [0.717, 1.165) is 30.0 Å². The van der Waals surface area contributed by atoms with Crippen LogP contribution in [-0.2, 0) is 6.42 Å². The Balaban J connectivity index is 1.90. The van der Waals surface area contributed by atoms with Gasteiger partial charge >= 0.3 is 0 Å². The van der Waals surface area contributed by atoms with Gasteiger partial charge in [-0.3, -0.25) is 4.98 Å². The van der Waals surface area contributed by atoms with Gasteiger partial charge in [-0.1, -0.05) is 38.8 Å². The highest BCUT2D eigenvalue weighted by atomic mass is 19.1. The molecule has 1 aliphatic carbocycles. The molecule has 0 spiro atoms. The summed E-state index contributed by atoms with van der Waals surface area (Å²) in [6, 6.07) is 9.80. The average molecular weight is 325 g/mol. The Kier molecular flexibility index (Phi) is 5.65. The van der Waals surface area contributed by atoms with E-state index < -0.39 is 0 Å². The van der Waals surface area contributed by atoms with Gasteiger partial charge in [0.25, 0.3) is 0 Å². The van der Waals surface area contributed by atoms with Crippen molar-refractivity contribution in [3.05, 3.63) is 53.5 Å². The van der Waals surface area contributed by atoms with Crippen LogP contribution in [0.5, 0.6) is 0 Å². The highest BCUT2D eigenvalue weighted by Crippen LogP contribution is 2.40. The van der Waals surface area contributed by atoms with Crippen LogP contribution in [0.1, 0.15) is 69.4 Å². The van der Waals surface area contributed by atoms with Gasteiger partial charge < -0.3 is 0 Å². The zero-order chi connectivity index (χ0) is 16.9. The molecule has 0 amide bonds.